The number of carbonyl (C=O) groups is 1. The van der Waals surface area contributed by atoms with Crippen LogP contribution in [0.2, 0.25) is 0 Å². The Morgan fingerprint density at radius 3 is 2.47 bits per heavy atom. The van der Waals surface area contributed by atoms with Crippen molar-refractivity contribution in [3.8, 4) is 0 Å². The molecule has 0 saturated heterocycles. The fourth-order valence-corrected chi connectivity index (χ4v) is 1.57. The van der Waals surface area contributed by atoms with Gasteiger partial charge >= 0.3 is 0 Å². The van der Waals surface area contributed by atoms with Crippen LogP contribution in [0.5, 0.6) is 0 Å². The van der Waals surface area contributed by atoms with Crippen molar-refractivity contribution in [3.05, 3.63) is 0 Å². The highest BCUT2D eigenvalue weighted by Crippen LogP contribution is 2.16. The van der Waals surface area contributed by atoms with Crippen molar-refractivity contribution in [3.63, 3.8) is 0 Å². The zero-order valence-corrected chi connectivity index (χ0v) is 11.1. The lowest BCUT2D eigenvalue weighted by atomic mass is 10.1. The molecule has 0 saturated carbocycles. The van der Waals surface area contributed by atoms with Crippen LogP contribution in [0.15, 0.2) is 0 Å². The molecule has 0 aliphatic carbocycles. The Labute approximate surface area is 104 Å². The van der Waals surface area contributed by atoms with Gasteiger partial charge in [-0.2, -0.15) is 0 Å². The summed E-state index contributed by atoms with van der Waals surface area (Å²) in [6.07, 6.45) is 4.53. The SMILES string of the molecule is CCCOC(C)(O)CCCCC(=O)CCCO. The minimum atomic E-state index is -1.07. The van der Waals surface area contributed by atoms with E-state index in [2.05, 4.69) is 0 Å². The van der Waals surface area contributed by atoms with Gasteiger partial charge in [0.05, 0.1) is 0 Å². The van der Waals surface area contributed by atoms with Gasteiger partial charge in [-0.05, 0) is 32.6 Å². The summed E-state index contributed by atoms with van der Waals surface area (Å²) < 4.78 is 5.29. The molecule has 0 spiro atoms. The van der Waals surface area contributed by atoms with E-state index in [1.807, 2.05) is 6.92 Å². The molecule has 4 nitrogen and oxygen atoms in total. The molecule has 2 N–H and O–H groups in total. The second-order valence-corrected chi connectivity index (χ2v) is 4.60. The lowest BCUT2D eigenvalue weighted by molar-refractivity contribution is -0.194. The van der Waals surface area contributed by atoms with Crippen LogP contribution in [0.25, 0.3) is 0 Å². The quantitative estimate of drug-likeness (QED) is 0.432. The summed E-state index contributed by atoms with van der Waals surface area (Å²) in [6.45, 7) is 4.29. The summed E-state index contributed by atoms with van der Waals surface area (Å²) in [6, 6.07) is 0. The predicted octanol–water partition coefficient (Wildman–Crippen LogP) is 2.02. The maximum absolute atomic E-state index is 11.3. The Morgan fingerprint density at radius 2 is 1.88 bits per heavy atom. The van der Waals surface area contributed by atoms with Crippen molar-refractivity contribution < 1.29 is 19.7 Å². The Morgan fingerprint density at radius 1 is 1.24 bits per heavy atom. The van der Waals surface area contributed by atoms with Gasteiger partial charge in [-0.1, -0.05) is 6.92 Å². The maximum Gasteiger partial charge on any atom is 0.162 e. The molecule has 4 heteroatoms. The van der Waals surface area contributed by atoms with Crippen LogP contribution in [0.1, 0.15) is 58.8 Å². The van der Waals surface area contributed by atoms with Gasteiger partial charge in [0.25, 0.3) is 0 Å². The van der Waals surface area contributed by atoms with Crippen molar-refractivity contribution >= 4 is 5.78 Å². The number of unbranched alkanes of at least 4 members (excludes halogenated alkanes) is 1. The molecular formula is C13H26O4. The third-order valence-corrected chi connectivity index (χ3v) is 2.58. The highest BCUT2D eigenvalue weighted by Gasteiger charge is 2.19. The van der Waals surface area contributed by atoms with E-state index < -0.39 is 5.79 Å². The standard InChI is InChI=1S/C13H26O4/c1-3-11-17-13(2,16)9-5-4-7-12(15)8-6-10-14/h14,16H,3-11H2,1-2H3. The zero-order valence-electron chi connectivity index (χ0n) is 11.1. The summed E-state index contributed by atoms with van der Waals surface area (Å²) in [7, 11) is 0. The first-order valence-corrected chi connectivity index (χ1v) is 6.50. The van der Waals surface area contributed by atoms with Crippen LogP contribution in [0.3, 0.4) is 0 Å². The lowest BCUT2D eigenvalue weighted by Gasteiger charge is -2.23. The monoisotopic (exact) mass is 246 g/mol. The minimum Gasteiger partial charge on any atom is -0.396 e. The molecule has 0 aliphatic heterocycles. The van der Waals surface area contributed by atoms with Crippen molar-refractivity contribution in [2.45, 2.75) is 64.6 Å². The van der Waals surface area contributed by atoms with E-state index in [-0.39, 0.29) is 12.4 Å². The Kier molecular flexibility index (Phi) is 9.31. The van der Waals surface area contributed by atoms with E-state index >= 15 is 0 Å². The first-order chi connectivity index (χ1) is 8.02. The molecule has 0 aliphatic rings. The first-order valence-electron chi connectivity index (χ1n) is 6.50. The van der Waals surface area contributed by atoms with Gasteiger partial charge in [-0.25, -0.2) is 0 Å². The normalized spacial score (nSPS) is 14.6. The molecular weight excluding hydrogens is 220 g/mol. The van der Waals surface area contributed by atoms with Crippen molar-refractivity contribution in [2.75, 3.05) is 13.2 Å². The highest BCUT2D eigenvalue weighted by atomic mass is 16.6. The smallest absolute Gasteiger partial charge is 0.162 e. The molecule has 0 aromatic heterocycles. The number of ether oxygens (including phenoxy) is 1. The summed E-state index contributed by atoms with van der Waals surface area (Å²) in [5, 5.41) is 18.4. The van der Waals surface area contributed by atoms with Crippen LogP contribution in [-0.2, 0) is 9.53 Å². The van der Waals surface area contributed by atoms with Gasteiger partial charge in [0.1, 0.15) is 5.78 Å². The van der Waals surface area contributed by atoms with Crippen LogP contribution in [0, 0.1) is 0 Å². The minimum absolute atomic E-state index is 0.0747. The molecule has 0 aromatic rings. The van der Waals surface area contributed by atoms with E-state index in [1.165, 1.54) is 0 Å². The fraction of sp³-hybridized carbons (Fsp3) is 0.923. The molecule has 1 unspecified atom stereocenters. The summed E-state index contributed by atoms with van der Waals surface area (Å²) in [4.78, 5) is 11.3. The van der Waals surface area contributed by atoms with E-state index in [0.717, 1.165) is 19.3 Å². The van der Waals surface area contributed by atoms with Gasteiger partial charge in [-0.3, -0.25) is 4.79 Å². The highest BCUT2D eigenvalue weighted by molar-refractivity contribution is 5.78. The van der Waals surface area contributed by atoms with Gasteiger partial charge < -0.3 is 14.9 Å². The van der Waals surface area contributed by atoms with Gasteiger partial charge in [0.15, 0.2) is 5.79 Å². The summed E-state index contributed by atoms with van der Waals surface area (Å²) in [5.41, 5.74) is 0. The average molecular weight is 246 g/mol. The number of rotatable bonds is 11. The number of Topliss-reactive ketones (excluding diaryl/α,β-unsaturated/α-hetero) is 1. The van der Waals surface area contributed by atoms with Crippen molar-refractivity contribution in [1.82, 2.24) is 0 Å². The average Bonchev–Trinajstić information content (AvgIpc) is 2.29. The Hall–Kier alpha value is -0.450. The number of hydrogen-bond acceptors (Lipinski definition) is 4. The van der Waals surface area contributed by atoms with E-state index in [9.17, 15) is 9.90 Å². The molecule has 0 fully saturated rings. The molecule has 0 aromatic carbocycles. The van der Waals surface area contributed by atoms with Gasteiger partial charge in [0, 0.05) is 32.5 Å². The molecule has 0 heterocycles. The number of hydrogen-bond donors (Lipinski definition) is 2. The Bertz CT molecular complexity index is 202. The van der Waals surface area contributed by atoms with Gasteiger partial charge in [0.2, 0.25) is 0 Å². The van der Waals surface area contributed by atoms with E-state index in [0.29, 0.717) is 32.3 Å². The van der Waals surface area contributed by atoms with Crippen LogP contribution in [-0.4, -0.2) is 35.0 Å². The third-order valence-electron chi connectivity index (χ3n) is 2.58. The van der Waals surface area contributed by atoms with E-state index in [4.69, 9.17) is 9.84 Å². The number of ketones is 1. The lowest BCUT2D eigenvalue weighted by Crippen LogP contribution is -2.28. The van der Waals surface area contributed by atoms with Crippen molar-refractivity contribution in [1.29, 1.82) is 0 Å². The van der Waals surface area contributed by atoms with E-state index in [1.54, 1.807) is 6.92 Å². The Balaban J connectivity index is 3.52. The zero-order chi connectivity index (χ0) is 13.1. The summed E-state index contributed by atoms with van der Waals surface area (Å²) in [5.74, 6) is -0.877. The largest absolute Gasteiger partial charge is 0.396 e. The number of aliphatic hydroxyl groups excluding tert-OH is 1. The fourth-order valence-electron chi connectivity index (χ4n) is 1.57. The van der Waals surface area contributed by atoms with Gasteiger partial charge in [-0.15, -0.1) is 0 Å². The first kappa shape index (κ1) is 16.6. The molecule has 17 heavy (non-hydrogen) atoms. The maximum atomic E-state index is 11.3. The number of aliphatic hydroxyl groups is 2. The molecule has 0 bridgehead atoms. The third kappa shape index (κ3) is 10.4. The molecule has 1 atom stereocenters. The van der Waals surface area contributed by atoms with Crippen LogP contribution in [0.4, 0.5) is 0 Å². The second-order valence-electron chi connectivity index (χ2n) is 4.60. The van der Waals surface area contributed by atoms with Crippen molar-refractivity contribution in [2.24, 2.45) is 0 Å². The second kappa shape index (κ2) is 9.57. The van der Waals surface area contributed by atoms with Crippen LogP contribution >= 0.6 is 0 Å². The van der Waals surface area contributed by atoms with Crippen LogP contribution < -0.4 is 0 Å². The number of carbonyl (C=O) groups excluding carboxylic acids is 1. The predicted molar refractivity (Wildman–Crippen MR) is 66.7 cm³/mol. The summed E-state index contributed by atoms with van der Waals surface area (Å²) >= 11 is 0. The molecule has 0 rings (SSSR count). The topological polar surface area (TPSA) is 66.8 Å². The molecule has 0 amide bonds. The molecule has 102 valence electrons. The molecule has 0 radical (unpaired) electrons.